The van der Waals surface area contributed by atoms with Crippen molar-refractivity contribution in [2.45, 2.75) is 19.9 Å². The maximum absolute atomic E-state index is 13.5. The Morgan fingerprint density at radius 2 is 1.76 bits per heavy atom. The van der Waals surface area contributed by atoms with Crippen LogP contribution in [0.1, 0.15) is 18.1 Å². The van der Waals surface area contributed by atoms with Gasteiger partial charge in [-0.1, -0.05) is 36.4 Å². The highest BCUT2D eigenvalue weighted by atomic mass is 19.1. The topological polar surface area (TPSA) is 38.3 Å². The molecular weight excluding hydrogens is 269 g/mol. The van der Waals surface area contributed by atoms with Gasteiger partial charge >= 0.3 is 0 Å². The Bertz CT molecular complexity index is 613. The third kappa shape index (κ3) is 4.31. The molecule has 1 N–H and O–H groups in total. The molecule has 0 heterocycles. The monoisotopic (exact) mass is 287 g/mol. The van der Waals surface area contributed by atoms with Crippen LogP contribution in [-0.4, -0.2) is 12.5 Å². The third-order valence-corrected chi connectivity index (χ3v) is 3.06. The van der Waals surface area contributed by atoms with Crippen molar-refractivity contribution in [3.8, 4) is 5.75 Å². The second-order valence-electron chi connectivity index (χ2n) is 4.59. The molecule has 0 saturated heterocycles. The number of benzene rings is 2. The molecule has 0 bridgehead atoms. The summed E-state index contributed by atoms with van der Waals surface area (Å²) < 4.78 is 19.0. The second-order valence-corrected chi connectivity index (χ2v) is 4.59. The zero-order valence-electron chi connectivity index (χ0n) is 11.9. The lowest BCUT2D eigenvalue weighted by Crippen LogP contribution is -2.25. The summed E-state index contributed by atoms with van der Waals surface area (Å²) in [4.78, 5) is 11.9. The summed E-state index contributed by atoms with van der Waals surface area (Å²) >= 11 is 0. The Labute approximate surface area is 123 Å². The predicted octanol–water partition coefficient (Wildman–Crippen LogP) is 3.08. The van der Waals surface area contributed by atoms with Gasteiger partial charge in [-0.15, -0.1) is 0 Å². The zero-order valence-corrected chi connectivity index (χ0v) is 11.9. The molecule has 2 aromatic carbocycles. The van der Waals surface area contributed by atoms with E-state index in [0.29, 0.717) is 18.7 Å². The fraction of sp³-hybridized carbons (Fsp3) is 0.235. The van der Waals surface area contributed by atoms with E-state index in [0.717, 1.165) is 11.3 Å². The van der Waals surface area contributed by atoms with Crippen molar-refractivity contribution in [2.24, 2.45) is 0 Å². The molecule has 0 unspecified atom stereocenters. The Balaban J connectivity index is 1.94. The summed E-state index contributed by atoms with van der Waals surface area (Å²) in [5, 5.41) is 2.79. The molecule has 0 fully saturated rings. The summed E-state index contributed by atoms with van der Waals surface area (Å²) in [6.45, 7) is 2.84. The van der Waals surface area contributed by atoms with E-state index in [4.69, 9.17) is 4.74 Å². The van der Waals surface area contributed by atoms with Gasteiger partial charge in [0.15, 0.2) is 0 Å². The van der Waals surface area contributed by atoms with Gasteiger partial charge in [0.2, 0.25) is 5.91 Å². The fourth-order valence-corrected chi connectivity index (χ4v) is 2.02. The van der Waals surface area contributed by atoms with E-state index in [1.54, 1.807) is 18.2 Å². The molecule has 21 heavy (non-hydrogen) atoms. The molecule has 2 aromatic rings. The molecule has 0 aliphatic heterocycles. The molecule has 110 valence electrons. The minimum absolute atomic E-state index is 0.0312. The van der Waals surface area contributed by atoms with Crippen LogP contribution in [0.2, 0.25) is 0 Å². The van der Waals surface area contributed by atoms with Crippen LogP contribution in [0.3, 0.4) is 0 Å². The molecule has 2 rings (SSSR count). The minimum Gasteiger partial charge on any atom is -0.494 e. The Morgan fingerprint density at radius 1 is 1.10 bits per heavy atom. The summed E-state index contributed by atoms with van der Waals surface area (Å²) in [5.41, 5.74) is 1.30. The number of carbonyl (C=O) groups is 1. The first kappa shape index (κ1) is 15.0. The fourth-order valence-electron chi connectivity index (χ4n) is 2.02. The molecule has 0 spiro atoms. The Morgan fingerprint density at radius 3 is 2.48 bits per heavy atom. The van der Waals surface area contributed by atoms with Gasteiger partial charge in [-0.2, -0.15) is 0 Å². The summed E-state index contributed by atoms with van der Waals surface area (Å²) in [7, 11) is 0. The lowest BCUT2D eigenvalue weighted by atomic mass is 10.1. The second kappa shape index (κ2) is 7.43. The normalized spacial score (nSPS) is 10.2. The van der Waals surface area contributed by atoms with Crippen LogP contribution in [0.5, 0.6) is 5.75 Å². The lowest BCUT2D eigenvalue weighted by Gasteiger charge is -2.11. The number of para-hydroxylation sites is 1. The molecule has 0 aliphatic carbocycles. The van der Waals surface area contributed by atoms with Crippen molar-refractivity contribution in [3.63, 3.8) is 0 Å². The van der Waals surface area contributed by atoms with Crippen LogP contribution in [0.15, 0.2) is 48.5 Å². The van der Waals surface area contributed by atoms with Crippen LogP contribution in [0.4, 0.5) is 4.39 Å². The highest BCUT2D eigenvalue weighted by molar-refractivity contribution is 5.78. The van der Waals surface area contributed by atoms with Crippen LogP contribution in [0.25, 0.3) is 0 Å². The Hall–Kier alpha value is -2.36. The number of halogens is 1. The van der Waals surface area contributed by atoms with Crippen molar-refractivity contribution in [1.29, 1.82) is 0 Å². The molecule has 3 nitrogen and oxygen atoms in total. The quantitative estimate of drug-likeness (QED) is 0.886. The van der Waals surface area contributed by atoms with Gasteiger partial charge < -0.3 is 10.1 Å². The lowest BCUT2D eigenvalue weighted by molar-refractivity contribution is -0.120. The van der Waals surface area contributed by atoms with Crippen molar-refractivity contribution in [2.75, 3.05) is 6.61 Å². The van der Waals surface area contributed by atoms with Crippen molar-refractivity contribution >= 4 is 5.91 Å². The van der Waals surface area contributed by atoms with Gasteiger partial charge in [0, 0.05) is 12.1 Å². The maximum Gasteiger partial charge on any atom is 0.224 e. The van der Waals surface area contributed by atoms with Gasteiger partial charge in [0.25, 0.3) is 0 Å². The number of ether oxygens (including phenoxy) is 1. The average Bonchev–Trinajstić information content (AvgIpc) is 2.49. The highest BCUT2D eigenvalue weighted by Crippen LogP contribution is 2.17. The maximum atomic E-state index is 13.5. The van der Waals surface area contributed by atoms with E-state index in [1.165, 1.54) is 6.07 Å². The number of nitrogens with one attached hydrogen (secondary N) is 1. The van der Waals surface area contributed by atoms with Gasteiger partial charge in [0.05, 0.1) is 13.0 Å². The average molecular weight is 287 g/mol. The summed E-state index contributed by atoms with van der Waals surface area (Å²) in [5.74, 6) is 0.181. The van der Waals surface area contributed by atoms with Crippen molar-refractivity contribution in [1.82, 2.24) is 5.32 Å². The largest absolute Gasteiger partial charge is 0.494 e. The van der Waals surface area contributed by atoms with Crippen LogP contribution in [-0.2, 0) is 17.8 Å². The van der Waals surface area contributed by atoms with E-state index in [-0.39, 0.29) is 18.1 Å². The van der Waals surface area contributed by atoms with E-state index in [2.05, 4.69) is 5.32 Å². The van der Waals surface area contributed by atoms with E-state index >= 15 is 0 Å². The standard InChI is InChI=1S/C17H18FNO2/c1-2-21-16-10-6-4-8-14(16)12-19-17(20)11-13-7-3-5-9-15(13)18/h3-10H,2,11-12H2,1H3,(H,19,20). The third-order valence-electron chi connectivity index (χ3n) is 3.06. The van der Waals surface area contributed by atoms with Gasteiger partial charge in [-0.3, -0.25) is 4.79 Å². The first-order valence-electron chi connectivity index (χ1n) is 6.91. The van der Waals surface area contributed by atoms with E-state index < -0.39 is 0 Å². The predicted molar refractivity (Wildman–Crippen MR) is 79.6 cm³/mol. The molecule has 1 amide bonds. The first-order valence-corrected chi connectivity index (χ1v) is 6.91. The van der Waals surface area contributed by atoms with Gasteiger partial charge in [0.1, 0.15) is 11.6 Å². The number of rotatable bonds is 6. The molecule has 0 saturated carbocycles. The number of amides is 1. The molecule has 4 heteroatoms. The summed E-state index contributed by atoms with van der Waals surface area (Å²) in [6, 6.07) is 13.8. The van der Waals surface area contributed by atoms with E-state index in [9.17, 15) is 9.18 Å². The molecular formula is C17H18FNO2. The number of hydrogen-bond acceptors (Lipinski definition) is 2. The smallest absolute Gasteiger partial charge is 0.224 e. The number of carbonyl (C=O) groups excluding carboxylic acids is 1. The first-order chi connectivity index (χ1) is 10.2. The van der Waals surface area contributed by atoms with E-state index in [1.807, 2.05) is 31.2 Å². The number of hydrogen-bond donors (Lipinski definition) is 1. The van der Waals surface area contributed by atoms with Crippen LogP contribution >= 0.6 is 0 Å². The van der Waals surface area contributed by atoms with Crippen LogP contribution in [0, 0.1) is 5.82 Å². The van der Waals surface area contributed by atoms with Gasteiger partial charge in [-0.05, 0) is 24.6 Å². The Kier molecular flexibility index (Phi) is 5.32. The minimum atomic E-state index is -0.359. The van der Waals surface area contributed by atoms with Crippen molar-refractivity contribution in [3.05, 3.63) is 65.5 Å². The molecule has 0 aliphatic rings. The van der Waals surface area contributed by atoms with Gasteiger partial charge in [-0.25, -0.2) is 4.39 Å². The van der Waals surface area contributed by atoms with Crippen molar-refractivity contribution < 1.29 is 13.9 Å². The molecule has 0 aromatic heterocycles. The molecule has 0 radical (unpaired) electrons. The highest BCUT2D eigenvalue weighted by Gasteiger charge is 2.08. The SMILES string of the molecule is CCOc1ccccc1CNC(=O)Cc1ccccc1F. The summed E-state index contributed by atoms with van der Waals surface area (Å²) in [6.07, 6.45) is 0.0312. The zero-order chi connectivity index (χ0) is 15.1. The molecule has 0 atom stereocenters. The van der Waals surface area contributed by atoms with Crippen LogP contribution < -0.4 is 10.1 Å².